The van der Waals surface area contributed by atoms with Gasteiger partial charge >= 0.3 is 0 Å². The fraction of sp³-hybridized carbons (Fsp3) is 0.0556. The molecule has 1 amide bonds. The second-order valence-corrected chi connectivity index (χ2v) is 6.52. The summed E-state index contributed by atoms with van der Waals surface area (Å²) in [7, 11) is 0. The van der Waals surface area contributed by atoms with Crippen molar-refractivity contribution in [2.45, 2.75) is 6.67 Å². The first-order valence-corrected chi connectivity index (χ1v) is 8.99. The van der Waals surface area contributed by atoms with E-state index in [4.69, 9.17) is 11.6 Å². The van der Waals surface area contributed by atoms with Crippen LogP contribution in [0.2, 0.25) is 5.02 Å². The number of halogens is 1. The number of tetrazole rings is 1. The van der Waals surface area contributed by atoms with Crippen molar-refractivity contribution in [3.05, 3.63) is 81.6 Å². The predicted molar refractivity (Wildman–Crippen MR) is 107 cm³/mol. The van der Waals surface area contributed by atoms with Crippen molar-refractivity contribution in [1.82, 2.24) is 30.0 Å². The second-order valence-electron chi connectivity index (χ2n) is 6.11. The van der Waals surface area contributed by atoms with E-state index in [9.17, 15) is 14.9 Å². The maximum Gasteiger partial charge on any atom is 0.276 e. The Kier molecular flexibility index (Phi) is 5.18. The van der Waals surface area contributed by atoms with Gasteiger partial charge in [0.25, 0.3) is 11.6 Å². The summed E-state index contributed by atoms with van der Waals surface area (Å²) in [6.45, 7) is 0.144. The van der Waals surface area contributed by atoms with E-state index in [-0.39, 0.29) is 28.8 Å². The zero-order chi connectivity index (χ0) is 21.1. The molecule has 0 spiro atoms. The van der Waals surface area contributed by atoms with Gasteiger partial charge in [-0.05, 0) is 17.3 Å². The highest BCUT2D eigenvalue weighted by Crippen LogP contribution is 2.27. The molecule has 12 heteroatoms. The molecule has 0 bridgehead atoms. The van der Waals surface area contributed by atoms with Gasteiger partial charge in [-0.15, -0.1) is 15.0 Å². The number of amides is 1. The lowest BCUT2D eigenvalue weighted by Gasteiger charge is -2.05. The molecule has 0 aliphatic carbocycles. The number of non-ortho nitro benzene ring substituents is 1. The van der Waals surface area contributed by atoms with Gasteiger partial charge < -0.3 is 5.32 Å². The Morgan fingerprint density at radius 2 is 1.93 bits per heavy atom. The van der Waals surface area contributed by atoms with Crippen LogP contribution in [0, 0.1) is 10.1 Å². The van der Waals surface area contributed by atoms with Crippen molar-refractivity contribution in [1.29, 1.82) is 0 Å². The monoisotopic (exact) mass is 424 g/mol. The maximum absolute atomic E-state index is 12.4. The number of nitrogens with zero attached hydrogens (tertiary/aromatic N) is 7. The van der Waals surface area contributed by atoms with E-state index in [1.165, 1.54) is 33.7 Å². The van der Waals surface area contributed by atoms with Crippen LogP contribution in [0.4, 0.5) is 11.4 Å². The number of rotatable bonds is 6. The summed E-state index contributed by atoms with van der Waals surface area (Å²) in [5.74, 6) is -0.0892. The van der Waals surface area contributed by atoms with Crippen LogP contribution in [0.25, 0.3) is 11.4 Å². The van der Waals surface area contributed by atoms with E-state index in [0.717, 1.165) is 5.56 Å². The first-order chi connectivity index (χ1) is 14.5. The van der Waals surface area contributed by atoms with E-state index in [1.54, 1.807) is 6.20 Å². The molecule has 0 saturated heterocycles. The summed E-state index contributed by atoms with van der Waals surface area (Å²) < 4.78 is 1.46. The SMILES string of the molecule is O=C(Nc1cc([N+](=O)[O-])ccc1Cl)c1ccn(Cn2nnc(-c3ccccc3)n2)n1. The van der Waals surface area contributed by atoms with Gasteiger partial charge in [-0.25, -0.2) is 4.68 Å². The second kappa shape index (κ2) is 8.09. The first kappa shape index (κ1) is 19.2. The normalized spacial score (nSPS) is 10.7. The largest absolute Gasteiger partial charge is 0.319 e. The van der Waals surface area contributed by atoms with Crippen LogP contribution in [0.15, 0.2) is 60.8 Å². The Hall–Kier alpha value is -4.12. The third-order valence-electron chi connectivity index (χ3n) is 4.04. The summed E-state index contributed by atoms with van der Waals surface area (Å²) in [6, 6.07) is 14.7. The first-order valence-electron chi connectivity index (χ1n) is 8.61. The quantitative estimate of drug-likeness (QED) is 0.371. The molecule has 30 heavy (non-hydrogen) atoms. The summed E-state index contributed by atoms with van der Waals surface area (Å²) in [5.41, 5.74) is 0.863. The molecular formula is C18H13ClN8O3. The van der Waals surface area contributed by atoms with E-state index >= 15 is 0 Å². The Labute approximate surface area is 174 Å². The van der Waals surface area contributed by atoms with Gasteiger partial charge in [0.2, 0.25) is 5.82 Å². The molecule has 11 nitrogen and oxygen atoms in total. The van der Waals surface area contributed by atoms with Crippen LogP contribution in [0.5, 0.6) is 0 Å². The van der Waals surface area contributed by atoms with Gasteiger partial charge in [-0.2, -0.15) is 5.10 Å². The van der Waals surface area contributed by atoms with Crippen molar-refractivity contribution in [3.8, 4) is 11.4 Å². The summed E-state index contributed by atoms with van der Waals surface area (Å²) >= 11 is 6.01. The van der Waals surface area contributed by atoms with Gasteiger partial charge in [0.1, 0.15) is 0 Å². The topological polar surface area (TPSA) is 134 Å². The predicted octanol–water partition coefficient (Wildman–Crippen LogP) is 2.86. The van der Waals surface area contributed by atoms with Gasteiger partial charge in [0.05, 0.1) is 15.6 Å². The molecule has 0 aliphatic rings. The third kappa shape index (κ3) is 4.15. The van der Waals surface area contributed by atoms with Crippen molar-refractivity contribution >= 4 is 28.9 Å². The Balaban J connectivity index is 1.46. The minimum absolute atomic E-state index is 0.0981. The molecule has 1 N–H and O–H groups in total. The third-order valence-corrected chi connectivity index (χ3v) is 4.37. The average molecular weight is 425 g/mol. The summed E-state index contributed by atoms with van der Waals surface area (Å²) in [4.78, 5) is 24.1. The zero-order valence-corrected chi connectivity index (χ0v) is 16.0. The van der Waals surface area contributed by atoms with Crippen LogP contribution in [-0.4, -0.2) is 40.8 Å². The van der Waals surface area contributed by atoms with Crippen LogP contribution < -0.4 is 5.32 Å². The zero-order valence-electron chi connectivity index (χ0n) is 15.2. The molecule has 0 saturated carbocycles. The van der Waals surface area contributed by atoms with E-state index in [0.29, 0.717) is 5.82 Å². The molecule has 4 rings (SSSR count). The number of nitro benzene ring substituents is 1. The molecule has 150 valence electrons. The summed E-state index contributed by atoms with van der Waals surface area (Å²) in [6.07, 6.45) is 1.58. The Bertz CT molecular complexity index is 1220. The van der Waals surface area contributed by atoms with Crippen LogP contribution in [-0.2, 0) is 6.67 Å². The highest BCUT2D eigenvalue weighted by molar-refractivity contribution is 6.34. The van der Waals surface area contributed by atoms with E-state index < -0.39 is 10.8 Å². The van der Waals surface area contributed by atoms with Crippen molar-refractivity contribution in [2.24, 2.45) is 0 Å². The lowest BCUT2D eigenvalue weighted by molar-refractivity contribution is -0.384. The number of anilines is 1. The van der Waals surface area contributed by atoms with Crippen molar-refractivity contribution < 1.29 is 9.72 Å². The van der Waals surface area contributed by atoms with Gasteiger partial charge in [0, 0.05) is 23.9 Å². The standard InChI is InChI=1S/C18H13ClN8O3/c19-14-7-6-13(27(29)30)10-16(14)20-18(28)15-8-9-25(22-15)11-26-23-17(21-24-26)12-4-2-1-3-5-12/h1-10H,11H2,(H,20,28). The fourth-order valence-corrected chi connectivity index (χ4v) is 2.77. The van der Waals surface area contributed by atoms with Crippen LogP contribution >= 0.6 is 11.6 Å². The number of hydrogen-bond acceptors (Lipinski definition) is 7. The van der Waals surface area contributed by atoms with Crippen molar-refractivity contribution in [2.75, 3.05) is 5.32 Å². The lowest BCUT2D eigenvalue weighted by Crippen LogP contribution is -2.16. The number of aromatic nitrogens is 6. The number of benzene rings is 2. The van der Waals surface area contributed by atoms with Gasteiger partial charge in [0.15, 0.2) is 12.4 Å². The fourth-order valence-electron chi connectivity index (χ4n) is 2.61. The molecule has 2 heterocycles. The number of hydrogen-bond donors (Lipinski definition) is 1. The maximum atomic E-state index is 12.4. The molecule has 0 aliphatic heterocycles. The minimum atomic E-state index is -0.574. The number of nitro groups is 1. The molecule has 0 atom stereocenters. The lowest BCUT2D eigenvalue weighted by atomic mass is 10.2. The molecule has 4 aromatic rings. The van der Waals surface area contributed by atoms with Gasteiger partial charge in [-0.3, -0.25) is 14.9 Å². The highest BCUT2D eigenvalue weighted by atomic mass is 35.5. The molecule has 2 aromatic carbocycles. The highest BCUT2D eigenvalue weighted by Gasteiger charge is 2.15. The number of carbonyl (C=O) groups excluding carboxylic acids is 1. The minimum Gasteiger partial charge on any atom is -0.319 e. The van der Waals surface area contributed by atoms with Crippen molar-refractivity contribution in [3.63, 3.8) is 0 Å². The van der Waals surface area contributed by atoms with E-state index in [2.05, 4.69) is 25.8 Å². The molecule has 2 aromatic heterocycles. The smallest absolute Gasteiger partial charge is 0.276 e. The van der Waals surface area contributed by atoms with Gasteiger partial charge in [-0.1, -0.05) is 41.9 Å². The number of carbonyl (C=O) groups is 1. The summed E-state index contributed by atoms with van der Waals surface area (Å²) in [5, 5.41) is 30.0. The number of nitrogens with one attached hydrogen (secondary N) is 1. The molecule has 0 fully saturated rings. The van der Waals surface area contributed by atoms with Crippen LogP contribution in [0.3, 0.4) is 0 Å². The van der Waals surface area contributed by atoms with E-state index in [1.807, 2.05) is 30.3 Å². The molecule has 0 radical (unpaired) electrons. The average Bonchev–Trinajstić information content (AvgIpc) is 3.40. The Morgan fingerprint density at radius 3 is 2.70 bits per heavy atom. The molecule has 0 unspecified atom stereocenters. The Morgan fingerprint density at radius 1 is 1.13 bits per heavy atom. The molecular weight excluding hydrogens is 412 g/mol. The van der Waals surface area contributed by atoms with Crippen LogP contribution in [0.1, 0.15) is 10.5 Å².